The summed E-state index contributed by atoms with van der Waals surface area (Å²) in [5, 5.41) is 18.3. The van der Waals surface area contributed by atoms with Crippen LogP contribution < -0.4 is 0 Å². The van der Waals surface area contributed by atoms with E-state index in [1.54, 1.807) is 11.0 Å². The van der Waals surface area contributed by atoms with Crippen molar-refractivity contribution in [3.63, 3.8) is 0 Å². The third kappa shape index (κ3) is 3.26. The van der Waals surface area contributed by atoms with Crippen LogP contribution in [0.1, 0.15) is 34.8 Å². The molecule has 4 heteroatoms. The average molecular weight is 287 g/mol. The molecule has 0 saturated carbocycles. The fraction of sp³-hybridized carbons (Fsp3) is 0.471. The minimum atomic E-state index is -0.235. The molecule has 112 valence electrons. The van der Waals surface area contributed by atoms with E-state index >= 15 is 0 Å². The van der Waals surface area contributed by atoms with Gasteiger partial charge in [-0.1, -0.05) is 30.4 Å². The molecule has 2 atom stereocenters. The Kier molecular flexibility index (Phi) is 5.00. The van der Waals surface area contributed by atoms with Crippen molar-refractivity contribution in [2.75, 3.05) is 19.8 Å². The Morgan fingerprint density at radius 3 is 2.86 bits per heavy atom. The molecular weight excluding hydrogens is 266 g/mol. The lowest BCUT2D eigenvalue weighted by Gasteiger charge is -2.25. The number of hydrogen-bond donors (Lipinski definition) is 2. The average Bonchev–Trinajstić information content (AvgIpc) is 2.86. The molecule has 1 aromatic rings. The van der Waals surface area contributed by atoms with Gasteiger partial charge in [-0.05, 0) is 31.4 Å². The van der Waals surface area contributed by atoms with Crippen molar-refractivity contribution in [1.29, 1.82) is 0 Å². The Balaban J connectivity index is 2.36. The second-order valence-electron chi connectivity index (χ2n) is 5.52. The van der Waals surface area contributed by atoms with Gasteiger partial charge in [-0.15, -0.1) is 0 Å². The van der Waals surface area contributed by atoms with E-state index in [9.17, 15) is 9.90 Å². The third-order valence-corrected chi connectivity index (χ3v) is 4.04. The highest BCUT2D eigenvalue weighted by Gasteiger charge is 2.34. The lowest BCUT2D eigenvalue weighted by molar-refractivity contribution is 0.0648. The molecule has 1 aromatic carbocycles. The summed E-state index contributed by atoms with van der Waals surface area (Å²) in [6.07, 6.45) is 0.903. The maximum Gasteiger partial charge on any atom is 0.255 e. The molecule has 2 N–H and O–H groups in total. The van der Waals surface area contributed by atoms with E-state index in [-0.39, 0.29) is 25.2 Å². The SMILES string of the molecule is Cc1ccc(C#CCO)c(C(=O)N2CCC(C)C2CO)c1. The van der Waals surface area contributed by atoms with Crippen molar-refractivity contribution in [1.82, 2.24) is 4.90 Å². The van der Waals surface area contributed by atoms with Gasteiger partial charge >= 0.3 is 0 Å². The number of likely N-dealkylation sites (tertiary alicyclic amines) is 1. The van der Waals surface area contributed by atoms with Gasteiger partial charge in [-0.2, -0.15) is 0 Å². The van der Waals surface area contributed by atoms with Gasteiger partial charge in [0.2, 0.25) is 0 Å². The molecule has 0 spiro atoms. The van der Waals surface area contributed by atoms with E-state index in [1.807, 2.05) is 19.1 Å². The second kappa shape index (κ2) is 6.75. The third-order valence-electron chi connectivity index (χ3n) is 4.04. The standard InChI is InChI=1S/C17H21NO3/c1-12-5-6-14(4-3-9-19)15(10-12)17(21)18-8-7-13(2)16(18)11-20/h5-6,10,13,16,19-20H,7-9,11H2,1-2H3. The van der Waals surface area contributed by atoms with Crippen molar-refractivity contribution in [3.8, 4) is 11.8 Å². The highest BCUT2D eigenvalue weighted by atomic mass is 16.3. The molecule has 2 rings (SSSR count). The maximum atomic E-state index is 12.8. The Bertz CT molecular complexity index is 585. The zero-order chi connectivity index (χ0) is 15.4. The van der Waals surface area contributed by atoms with Gasteiger partial charge in [0.15, 0.2) is 0 Å². The lowest BCUT2D eigenvalue weighted by atomic mass is 10.0. The van der Waals surface area contributed by atoms with E-state index in [2.05, 4.69) is 18.8 Å². The van der Waals surface area contributed by atoms with Crippen LogP contribution in [0.2, 0.25) is 0 Å². The van der Waals surface area contributed by atoms with Crippen LogP contribution in [0.15, 0.2) is 18.2 Å². The van der Waals surface area contributed by atoms with Crippen molar-refractivity contribution < 1.29 is 15.0 Å². The summed E-state index contributed by atoms with van der Waals surface area (Å²) >= 11 is 0. The first-order valence-electron chi connectivity index (χ1n) is 7.20. The predicted octanol–water partition coefficient (Wildman–Crippen LogP) is 1.18. The quantitative estimate of drug-likeness (QED) is 0.803. The van der Waals surface area contributed by atoms with Gasteiger partial charge < -0.3 is 15.1 Å². The van der Waals surface area contributed by atoms with Crippen LogP contribution in [0.3, 0.4) is 0 Å². The van der Waals surface area contributed by atoms with Gasteiger partial charge in [-0.25, -0.2) is 0 Å². The molecule has 0 aromatic heterocycles. The molecule has 21 heavy (non-hydrogen) atoms. The first kappa shape index (κ1) is 15.6. The molecule has 1 aliphatic rings. The predicted molar refractivity (Wildman–Crippen MR) is 80.8 cm³/mol. The van der Waals surface area contributed by atoms with Gasteiger partial charge in [0, 0.05) is 12.1 Å². The number of carbonyl (C=O) groups excluding carboxylic acids is 1. The van der Waals surface area contributed by atoms with E-state index in [0.717, 1.165) is 12.0 Å². The molecule has 0 bridgehead atoms. The number of nitrogens with zero attached hydrogens (tertiary/aromatic N) is 1. The molecular formula is C17H21NO3. The molecule has 1 saturated heterocycles. The van der Waals surface area contributed by atoms with Crippen LogP contribution in [-0.2, 0) is 0 Å². The number of benzene rings is 1. The summed E-state index contributed by atoms with van der Waals surface area (Å²) in [4.78, 5) is 14.5. The maximum absolute atomic E-state index is 12.8. The van der Waals surface area contributed by atoms with Gasteiger partial charge in [-0.3, -0.25) is 4.79 Å². The van der Waals surface area contributed by atoms with E-state index < -0.39 is 0 Å². The highest BCUT2D eigenvalue weighted by Crippen LogP contribution is 2.26. The molecule has 0 aliphatic carbocycles. The van der Waals surface area contributed by atoms with Crippen LogP contribution in [-0.4, -0.2) is 46.8 Å². The van der Waals surface area contributed by atoms with E-state index in [4.69, 9.17) is 5.11 Å². The van der Waals surface area contributed by atoms with Crippen LogP contribution in [0.25, 0.3) is 0 Å². The first-order valence-corrected chi connectivity index (χ1v) is 7.20. The summed E-state index contributed by atoms with van der Waals surface area (Å²) in [5.74, 6) is 5.63. The number of aryl methyl sites for hydroxylation is 1. The minimum absolute atomic E-state index is 0.0175. The van der Waals surface area contributed by atoms with Crippen LogP contribution in [0.5, 0.6) is 0 Å². The van der Waals surface area contributed by atoms with Crippen LogP contribution >= 0.6 is 0 Å². The zero-order valence-electron chi connectivity index (χ0n) is 12.5. The lowest BCUT2D eigenvalue weighted by Crippen LogP contribution is -2.40. The molecule has 0 radical (unpaired) electrons. The number of aliphatic hydroxyl groups is 2. The second-order valence-corrected chi connectivity index (χ2v) is 5.52. The number of amides is 1. The van der Waals surface area contributed by atoms with Gasteiger partial charge in [0.05, 0.1) is 18.2 Å². The molecule has 1 heterocycles. The molecule has 2 unspecified atom stereocenters. The summed E-state index contributed by atoms with van der Waals surface area (Å²) in [7, 11) is 0. The summed E-state index contributed by atoms with van der Waals surface area (Å²) in [6.45, 7) is 4.39. The number of carbonyl (C=O) groups is 1. The molecule has 1 amide bonds. The number of rotatable bonds is 2. The number of aliphatic hydroxyl groups excluding tert-OH is 2. The van der Waals surface area contributed by atoms with Gasteiger partial charge in [0.1, 0.15) is 6.61 Å². The summed E-state index contributed by atoms with van der Waals surface area (Å²) < 4.78 is 0. The van der Waals surface area contributed by atoms with Crippen molar-refractivity contribution in [2.24, 2.45) is 5.92 Å². The Hall–Kier alpha value is -1.83. The Labute approximate surface area is 125 Å². The normalized spacial score (nSPS) is 21.0. The fourth-order valence-corrected chi connectivity index (χ4v) is 2.77. The van der Waals surface area contributed by atoms with Crippen LogP contribution in [0, 0.1) is 24.7 Å². The molecule has 1 fully saturated rings. The number of hydrogen-bond acceptors (Lipinski definition) is 3. The fourth-order valence-electron chi connectivity index (χ4n) is 2.77. The summed E-state index contributed by atoms with van der Waals surface area (Å²) in [6, 6.07) is 5.39. The first-order chi connectivity index (χ1) is 10.1. The van der Waals surface area contributed by atoms with Crippen LogP contribution in [0.4, 0.5) is 0 Å². The highest BCUT2D eigenvalue weighted by molar-refractivity contribution is 5.97. The van der Waals surface area contributed by atoms with Crippen molar-refractivity contribution in [3.05, 3.63) is 34.9 Å². The van der Waals surface area contributed by atoms with Crippen molar-refractivity contribution >= 4 is 5.91 Å². The van der Waals surface area contributed by atoms with E-state index in [1.165, 1.54) is 0 Å². The minimum Gasteiger partial charge on any atom is -0.394 e. The smallest absolute Gasteiger partial charge is 0.255 e. The Morgan fingerprint density at radius 1 is 1.43 bits per heavy atom. The molecule has 1 aliphatic heterocycles. The largest absolute Gasteiger partial charge is 0.394 e. The molecule has 4 nitrogen and oxygen atoms in total. The van der Waals surface area contributed by atoms with Crippen molar-refractivity contribution in [2.45, 2.75) is 26.3 Å². The monoisotopic (exact) mass is 287 g/mol. The van der Waals surface area contributed by atoms with Gasteiger partial charge in [0.25, 0.3) is 5.91 Å². The summed E-state index contributed by atoms with van der Waals surface area (Å²) in [5.41, 5.74) is 2.15. The Morgan fingerprint density at radius 2 is 2.19 bits per heavy atom. The topological polar surface area (TPSA) is 60.8 Å². The zero-order valence-corrected chi connectivity index (χ0v) is 12.5. The van der Waals surface area contributed by atoms with E-state index in [0.29, 0.717) is 23.6 Å².